The Morgan fingerprint density at radius 2 is 2.10 bits per heavy atom. The molecule has 1 aromatic rings. The molecule has 1 aliphatic rings. The fourth-order valence-corrected chi connectivity index (χ4v) is 3.57. The Balaban J connectivity index is 2.38. The number of carbonyl (C=O) groups is 1. The first-order valence-corrected chi connectivity index (χ1v) is 9.01. The molecule has 0 N–H and O–H groups in total. The summed E-state index contributed by atoms with van der Waals surface area (Å²) in [4.78, 5) is 14.3. The number of hydrogen-bond acceptors (Lipinski definition) is 3. The van der Waals surface area contributed by atoms with Crippen LogP contribution in [0.25, 0.3) is 0 Å². The van der Waals surface area contributed by atoms with E-state index in [0.717, 1.165) is 25.8 Å². The Morgan fingerprint density at radius 3 is 2.70 bits per heavy atom. The lowest BCUT2D eigenvalue weighted by molar-refractivity contribution is 0.0733. The molecule has 20 heavy (non-hydrogen) atoms. The van der Waals surface area contributed by atoms with E-state index in [4.69, 9.17) is 10.7 Å². The number of carbonyl (C=O) groups excluding carboxylic acids is 1. The first kappa shape index (κ1) is 15.3. The van der Waals surface area contributed by atoms with Gasteiger partial charge in [0.25, 0.3) is 15.0 Å². The van der Waals surface area contributed by atoms with Crippen molar-refractivity contribution in [1.29, 1.82) is 0 Å². The molecule has 1 fully saturated rings. The molecular formula is C14H18ClNO3S. The second kappa shape index (κ2) is 5.74. The Kier molecular flexibility index (Phi) is 4.39. The Hall–Kier alpha value is -1.07. The van der Waals surface area contributed by atoms with E-state index in [1.54, 1.807) is 13.0 Å². The van der Waals surface area contributed by atoms with Crippen molar-refractivity contribution in [3.8, 4) is 0 Å². The third-order valence-corrected chi connectivity index (χ3v) is 5.02. The maximum atomic E-state index is 12.5. The van der Waals surface area contributed by atoms with Crippen molar-refractivity contribution in [3.05, 3.63) is 29.3 Å². The van der Waals surface area contributed by atoms with Gasteiger partial charge in [0, 0.05) is 28.8 Å². The van der Waals surface area contributed by atoms with Crippen LogP contribution in [0.2, 0.25) is 0 Å². The van der Waals surface area contributed by atoms with Crippen molar-refractivity contribution in [2.75, 3.05) is 6.54 Å². The van der Waals surface area contributed by atoms with E-state index in [0.29, 0.717) is 11.1 Å². The van der Waals surface area contributed by atoms with Gasteiger partial charge in [-0.3, -0.25) is 4.79 Å². The van der Waals surface area contributed by atoms with Crippen molar-refractivity contribution in [3.63, 3.8) is 0 Å². The van der Waals surface area contributed by atoms with Crippen LogP contribution in [-0.2, 0) is 9.05 Å². The quantitative estimate of drug-likeness (QED) is 0.806. The smallest absolute Gasteiger partial charge is 0.261 e. The van der Waals surface area contributed by atoms with Crippen LogP contribution in [0.1, 0.15) is 42.1 Å². The first-order chi connectivity index (χ1) is 9.32. The molecule has 0 radical (unpaired) electrons. The summed E-state index contributed by atoms with van der Waals surface area (Å²) < 4.78 is 22.9. The fraction of sp³-hybridized carbons (Fsp3) is 0.500. The number of rotatable bonds is 3. The zero-order valence-corrected chi connectivity index (χ0v) is 13.2. The van der Waals surface area contributed by atoms with Gasteiger partial charge in [0.05, 0.1) is 4.90 Å². The van der Waals surface area contributed by atoms with Crippen molar-refractivity contribution in [2.24, 2.45) is 0 Å². The highest BCUT2D eigenvalue weighted by molar-refractivity contribution is 8.13. The highest BCUT2D eigenvalue weighted by Gasteiger charge is 2.28. The zero-order chi connectivity index (χ0) is 14.9. The van der Waals surface area contributed by atoms with Gasteiger partial charge in [0.1, 0.15) is 0 Å². The van der Waals surface area contributed by atoms with E-state index in [1.807, 2.05) is 4.90 Å². The molecule has 1 saturated heterocycles. The Bertz CT molecular complexity index is 627. The van der Waals surface area contributed by atoms with Gasteiger partial charge in [0.15, 0.2) is 0 Å². The lowest BCUT2D eigenvalue weighted by Crippen LogP contribution is -2.35. The number of amides is 1. The molecule has 1 atom stereocenters. The highest BCUT2D eigenvalue weighted by Crippen LogP contribution is 2.25. The Morgan fingerprint density at radius 1 is 1.40 bits per heavy atom. The lowest BCUT2D eigenvalue weighted by Gasteiger charge is -2.24. The van der Waals surface area contributed by atoms with Crippen LogP contribution in [0.4, 0.5) is 0 Å². The second-order valence-electron chi connectivity index (χ2n) is 5.18. The minimum atomic E-state index is -3.82. The lowest BCUT2D eigenvalue weighted by atomic mass is 10.1. The van der Waals surface area contributed by atoms with Gasteiger partial charge in [-0.25, -0.2) is 8.42 Å². The summed E-state index contributed by atoms with van der Waals surface area (Å²) in [5, 5.41) is 0. The molecule has 0 aromatic heterocycles. The predicted octanol–water partition coefficient (Wildman–Crippen LogP) is 2.94. The number of halogens is 1. The number of benzene rings is 1. The van der Waals surface area contributed by atoms with Gasteiger partial charge < -0.3 is 4.90 Å². The molecule has 1 amide bonds. The summed E-state index contributed by atoms with van der Waals surface area (Å²) in [6.07, 6.45) is 2.92. The molecule has 4 nitrogen and oxygen atoms in total. The average molecular weight is 316 g/mol. The average Bonchev–Trinajstić information content (AvgIpc) is 2.84. The third kappa shape index (κ3) is 3.15. The van der Waals surface area contributed by atoms with Gasteiger partial charge in [0.2, 0.25) is 0 Å². The summed E-state index contributed by atoms with van der Waals surface area (Å²) in [6, 6.07) is 4.79. The summed E-state index contributed by atoms with van der Waals surface area (Å²) >= 11 is 0. The molecule has 0 bridgehead atoms. The molecule has 1 aromatic carbocycles. The van der Waals surface area contributed by atoms with Gasteiger partial charge in [-0.1, -0.05) is 6.92 Å². The number of likely N-dealkylation sites (tertiary alicyclic amines) is 1. The minimum Gasteiger partial charge on any atom is -0.336 e. The minimum absolute atomic E-state index is 0.0187. The summed E-state index contributed by atoms with van der Waals surface area (Å²) in [7, 11) is 1.55. The molecule has 1 heterocycles. The van der Waals surface area contributed by atoms with Crippen LogP contribution in [0.3, 0.4) is 0 Å². The van der Waals surface area contributed by atoms with Crippen molar-refractivity contribution >= 4 is 25.6 Å². The summed E-state index contributed by atoms with van der Waals surface area (Å²) in [5.74, 6) is -0.111. The van der Waals surface area contributed by atoms with Gasteiger partial charge in [-0.2, -0.15) is 0 Å². The molecule has 0 spiro atoms. The maximum Gasteiger partial charge on any atom is 0.261 e. The molecular weight excluding hydrogens is 298 g/mol. The molecule has 0 saturated carbocycles. The fourth-order valence-electron chi connectivity index (χ4n) is 2.71. The van der Waals surface area contributed by atoms with Crippen LogP contribution in [0.5, 0.6) is 0 Å². The molecule has 6 heteroatoms. The third-order valence-electron chi connectivity index (χ3n) is 3.69. The monoisotopic (exact) mass is 315 g/mol. The van der Waals surface area contributed by atoms with Crippen LogP contribution in [0, 0.1) is 6.92 Å². The highest BCUT2D eigenvalue weighted by atomic mass is 35.7. The molecule has 110 valence electrons. The van der Waals surface area contributed by atoms with E-state index < -0.39 is 9.05 Å². The SMILES string of the molecule is CCC1CCCN1C(=O)c1cc(C)cc(S(=O)(=O)Cl)c1. The molecule has 1 aliphatic heterocycles. The van der Waals surface area contributed by atoms with Gasteiger partial charge in [-0.05, 0) is 49.9 Å². The molecule has 1 unspecified atom stereocenters. The Labute approximate surface area is 124 Å². The van der Waals surface area contributed by atoms with E-state index in [2.05, 4.69) is 6.92 Å². The van der Waals surface area contributed by atoms with Gasteiger partial charge >= 0.3 is 0 Å². The normalized spacial score (nSPS) is 19.4. The van der Waals surface area contributed by atoms with E-state index in [1.165, 1.54) is 12.1 Å². The van der Waals surface area contributed by atoms with Crippen LogP contribution < -0.4 is 0 Å². The van der Waals surface area contributed by atoms with Crippen LogP contribution in [0.15, 0.2) is 23.1 Å². The number of aryl methyl sites for hydroxylation is 1. The van der Waals surface area contributed by atoms with E-state index >= 15 is 0 Å². The van der Waals surface area contributed by atoms with Crippen molar-refractivity contribution in [1.82, 2.24) is 4.90 Å². The van der Waals surface area contributed by atoms with Crippen molar-refractivity contribution < 1.29 is 13.2 Å². The predicted molar refractivity (Wildman–Crippen MR) is 78.6 cm³/mol. The summed E-state index contributed by atoms with van der Waals surface area (Å²) in [6.45, 7) is 4.54. The summed E-state index contributed by atoms with van der Waals surface area (Å²) in [5.41, 5.74) is 1.10. The second-order valence-corrected chi connectivity index (χ2v) is 7.74. The van der Waals surface area contributed by atoms with E-state index in [-0.39, 0.29) is 16.8 Å². The first-order valence-electron chi connectivity index (χ1n) is 6.70. The molecule has 2 rings (SSSR count). The number of nitrogens with zero attached hydrogens (tertiary/aromatic N) is 1. The van der Waals surface area contributed by atoms with Crippen molar-refractivity contribution in [2.45, 2.75) is 44.0 Å². The topological polar surface area (TPSA) is 54.5 Å². The largest absolute Gasteiger partial charge is 0.336 e. The molecule has 0 aliphatic carbocycles. The standard InChI is InChI=1S/C14H18ClNO3S/c1-3-12-5-4-6-16(12)14(17)11-7-10(2)8-13(9-11)20(15,18)19/h7-9,12H,3-6H2,1-2H3. The van der Waals surface area contributed by atoms with Crippen LogP contribution in [-0.4, -0.2) is 31.8 Å². The number of hydrogen-bond donors (Lipinski definition) is 0. The van der Waals surface area contributed by atoms with Gasteiger partial charge in [-0.15, -0.1) is 0 Å². The van der Waals surface area contributed by atoms with E-state index in [9.17, 15) is 13.2 Å². The van der Waals surface area contributed by atoms with Crippen LogP contribution >= 0.6 is 10.7 Å². The maximum absolute atomic E-state index is 12.5. The zero-order valence-electron chi connectivity index (χ0n) is 11.6.